The van der Waals surface area contributed by atoms with Crippen LogP contribution >= 0.6 is 35.4 Å². The van der Waals surface area contributed by atoms with Gasteiger partial charge in [0.05, 0.1) is 6.61 Å². The Morgan fingerprint density at radius 1 is 0.931 bits per heavy atom. The Morgan fingerprint density at radius 3 is 2.38 bits per heavy atom. The molecule has 3 aromatic rings. The molecule has 3 rings (SSSR count). The third-order valence-corrected chi connectivity index (χ3v) is 4.59. The lowest BCUT2D eigenvalue weighted by atomic mass is 10.2. The SMILES string of the molecule is O=C(NC(=S)Nc1cccc(OCCc2ccccc2)c1)c1cc(Cl)cc(Cl)c1. The Hall–Kier alpha value is -2.60. The first-order chi connectivity index (χ1) is 14.0. The Morgan fingerprint density at radius 2 is 1.66 bits per heavy atom. The minimum Gasteiger partial charge on any atom is -0.493 e. The number of thiocarbonyl (C=S) groups is 1. The fourth-order valence-electron chi connectivity index (χ4n) is 2.62. The zero-order valence-electron chi connectivity index (χ0n) is 15.3. The molecule has 0 bridgehead atoms. The van der Waals surface area contributed by atoms with Crippen LogP contribution in [0.2, 0.25) is 10.0 Å². The molecule has 0 unspecified atom stereocenters. The molecule has 0 fully saturated rings. The maximum atomic E-state index is 12.3. The number of ether oxygens (including phenoxy) is 1. The normalized spacial score (nSPS) is 10.3. The van der Waals surface area contributed by atoms with Gasteiger partial charge in [0, 0.05) is 33.8 Å². The highest BCUT2D eigenvalue weighted by Gasteiger charge is 2.10. The van der Waals surface area contributed by atoms with Crippen LogP contribution in [0.5, 0.6) is 5.75 Å². The van der Waals surface area contributed by atoms with Crippen LogP contribution in [-0.4, -0.2) is 17.6 Å². The topological polar surface area (TPSA) is 50.4 Å². The van der Waals surface area contributed by atoms with Crippen molar-refractivity contribution in [2.45, 2.75) is 6.42 Å². The summed E-state index contributed by atoms with van der Waals surface area (Å²) in [4.78, 5) is 12.3. The van der Waals surface area contributed by atoms with Gasteiger partial charge >= 0.3 is 0 Å². The standard InChI is InChI=1S/C22H18Cl2N2O2S/c23-17-11-16(12-18(24)13-17)21(27)26-22(29)25-19-7-4-8-20(14-19)28-10-9-15-5-2-1-3-6-15/h1-8,11-14H,9-10H2,(H2,25,26,27,29). The summed E-state index contributed by atoms with van der Waals surface area (Å²) in [6, 6.07) is 22.1. The van der Waals surface area contributed by atoms with Crippen molar-refractivity contribution in [1.29, 1.82) is 0 Å². The molecule has 0 aliphatic heterocycles. The summed E-state index contributed by atoms with van der Waals surface area (Å²) in [5.41, 5.74) is 2.24. The van der Waals surface area contributed by atoms with E-state index in [0.29, 0.717) is 33.7 Å². The lowest BCUT2D eigenvalue weighted by Gasteiger charge is -2.12. The average molecular weight is 445 g/mol. The number of amides is 1. The van der Waals surface area contributed by atoms with Gasteiger partial charge in [0.2, 0.25) is 0 Å². The second-order valence-corrected chi connectivity index (χ2v) is 7.46. The highest BCUT2D eigenvalue weighted by molar-refractivity contribution is 7.80. The molecule has 0 saturated carbocycles. The summed E-state index contributed by atoms with van der Waals surface area (Å²) in [6.07, 6.45) is 0.815. The van der Waals surface area contributed by atoms with Gasteiger partial charge < -0.3 is 10.1 Å². The van der Waals surface area contributed by atoms with Crippen molar-refractivity contribution in [2.75, 3.05) is 11.9 Å². The van der Waals surface area contributed by atoms with Crippen LogP contribution in [0.1, 0.15) is 15.9 Å². The van der Waals surface area contributed by atoms with E-state index in [9.17, 15) is 4.79 Å². The van der Waals surface area contributed by atoms with Crippen LogP contribution in [0.25, 0.3) is 0 Å². The van der Waals surface area contributed by atoms with Gasteiger partial charge in [0.1, 0.15) is 5.75 Å². The minimum atomic E-state index is -0.401. The molecule has 3 aromatic carbocycles. The minimum absolute atomic E-state index is 0.160. The summed E-state index contributed by atoms with van der Waals surface area (Å²) in [5.74, 6) is 0.309. The molecule has 0 spiro atoms. The number of halogens is 2. The van der Waals surface area contributed by atoms with Crippen molar-refractivity contribution in [2.24, 2.45) is 0 Å². The van der Waals surface area contributed by atoms with Crippen LogP contribution < -0.4 is 15.4 Å². The zero-order chi connectivity index (χ0) is 20.6. The molecule has 148 valence electrons. The number of rotatable bonds is 6. The van der Waals surface area contributed by atoms with Crippen molar-refractivity contribution in [3.63, 3.8) is 0 Å². The predicted molar refractivity (Wildman–Crippen MR) is 122 cm³/mol. The summed E-state index contributed by atoms with van der Waals surface area (Å²) in [6.45, 7) is 0.560. The Balaban J connectivity index is 1.53. The first-order valence-corrected chi connectivity index (χ1v) is 10.0. The van der Waals surface area contributed by atoms with Gasteiger partial charge in [-0.1, -0.05) is 59.6 Å². The molecule has 4 nitrogen and oxygen atoms in total. The van der Waals surface area contributed by atoms with Gasteiger partial charge in [-0.25, -0.2) is 0 Å². The molecule has 0 aliphatic carbocycles. The van der Waals surface area contributed by atoms with Gasteiger partial charge in [-0.2, -0.15) is 0 Å². The Kier molecular flexibility index (Phi) is 7.47. The fourth-order valence-corrected chi connectivity index (χ4v) is 3.35. The fraction of sp³-hybridized carbons (Fsp3) is 0.0909. The van der Waals surface area contributed by atoms with E-state index in [1.165, 1.54) is 17.7 Å². The number of carbonyl (C=O) groups is 1. The largest absolute Gasteiger partial charge is 0.493 e. The first kappa shape index (κ1) is 21.1. The molecule has 0 aliphatic rings. The molecule has 0 radical (unpaired) electrons. The molecule has 1 amide bonds. The number of hydrogen-bond acceptors (Lipinski definition) is 3. The van der Waals surface area contributed by atoms with Crippen LogP contribution in [0.4, 0.5) is 5.69 Å². The smallest absolute Gasteiger partial charge is 0.257 e. The number of nitrogens with one attached hydrogen (secondary N) is 2. The van der Waals surface area contributed by atoms with Crippen LogP contribution in [0, 0.1) is 0 Å². The van der Waals surface area contributed by atoms with E-state index in [-0.39, 0.29) is 5.11 Å². The molecule has 0 heterocycles. The van der Waals surface area contributed by atoms with E-state index in [2.05, 4.69) is 22.8 Å². The maximum Gasteiger partial charge on any atom is 0.257 e. The number of carbonyl (C=O) groups excluding carboxylic acids is 1. The summed E-state index contributed by atoms with van der Waals surface area (Å²) in [7, 11) is 0. The zero-order valence-corrected chi connectivity index (χ0v) is 17.7. The van der Waals surface area contributed by atoms with Crippen molar-refractivity contribution in [1.82, 2.24) is 5.32 Å². The number of hydrogen-bond donors (Lipinski definition) is 2. The van der Waals surface area contributed by atoms with E-state index in [4.69, 9.17) is 40.2 Å². The van der Waals surface area contributed by atoms with Crippen LogP contribution in [0.15, 0.2) is 72.8 Å². The van der Waals surface area contributed by atoms with Gasteiger partial charge in [-0.3, -0.25) is 10.1 Å². The van der Waals surface area contributed by atoms with E-state index >= 15 is 0 Å². The van der Waals surface area contributed by atoms with Crippen molar-refractivity contribution in [3.05, 3.63) is 94.0 Å². The Labute approximate surface area is 184 Å². The van der Waals surface area contributed by atoms with Gasteiger partial charge in [-0.15, -0.1) is 0 Å². The van der Waals surface area contributed by atoms with Crippen LogP contribution in [-0.2, 0) is 6.42 Å². The second kappa shape index (κ2) is 10.3. The highest BCUT2D eigenvalue weighted by Crippen LogP contribution is 2.20. The van der Waals surface area contributed by atoms with Crippen molar-refractivity contribution >= 4 is 52.1 Å². The van der Waals surface area contributed by atoms with E-state index in [1.54, 1.807) is 6.07 Å². The van der Waals surface area contributed by atoms with Gasteiger partial charge in [0.25, 0.3) is 5.91 Å². The third kappa shape index (κ3) is 6.75. The van der Waals surface area contributed by atoms with E-state index < -0.39 is 5.91 Å². The molecule has 29 heavy (non-hydrogen) atoms. The highest BCUT2D eigenvalue weighted by atomic mass is 35.5. The van der Waals surface area contributed by atoms with Gasteiger partial charge in [-0.05, 0) is 48.1 Å². The van der Waals surface area contributed by atoms with Crippen molar-refractivity contribution < 1.29 is 9.53 Å². The lowest BCUT2D eigenvalue weighted by Crippen LogP contribution is -2.34. The lowest BCUT2D eigenvalue weighted by molar-refractivity contribution is 0.0977. The molecular formula is C22H18Cl2N2O2S. The summed E-state index contributed by atoms with van der Waals surface area (Å²) < 4.78 is 5.81. The third-order valence-electron chi connectivity index (χ3n) is 3.95. The number of benzene rings is 3. The van der Waals surface area contributed by atoms with E-state index in [1.807, 2.05) is 42.5 Å². The molecular weight excluding hydrogens is 427 g/mol. The van der Waals surface area contributed by atoms with Crippen molar-refractivity contribution in [3.8, 4) is 5.75 Å². The molecule has 2 N–H and O–H groups in total. The molecule has 0 atom stereocenters. The van der Waals surface area contributed by atoms with Gasteiger partial charge in [0.15, 0.2) is 5.11 Å². The summed E-state index contributed by atoms with van der Waals surface area (Å²) in [5, 5.41) is 6.49. The number of anilines is 1. The molecule has 7 heteroatoms. The molecule has 0 saturated heterocycles. The molecule has 0 aromatic heterocycles. The maximum absolute atomic E-state index is 12.3. The van der Waals surface area contributed by atoms with E-state index in [0.717, 1.165) is 6.42 Å². The second-order valence-electron chi connectivity index (χ2n) is 6.18. The first-order valence-electron chi connectivity index (χ1n) is 8.85. The summed E-state index contributed by atoms with van der Waals surface area (Å²) >= 11 is 17.1. The van der Waals surface area contributed by atoms with Crippen LogP contribution in [0.3, 0.4) is 0 Å². The monoisotopic (exact) mass is 444 g/mol. The predicted octanol–water partition coefficient (Wildman–Crippen LogP) is 5.74. The Bertz CT molecular complexity index is 992. The average Bonchev–Trinajstić information content (AvgIpc) is 2.68. The quantitative estimate of drug-likeness (QED) is 0.475.